The Morgan fingerprint density at radius 3 is 2.56 bits per heavy atom. The smallest absolute Gasteiger partial charge is 0.308 e. The van der Waals surface area contributed by atoms with Crippen LogP contribution in [0.2, 0.25) is 0 Å². The maximum atomic E-state index is 11.4. The fourth-order valence-corrected chi connectivity index (χ4v) is 1.95. The molecular weight excluding hydrogens is 236 g/mol. The lowest BCUT2D eigenvalue weighted by Crippen LogP contribution is -2.31. The number of carboxylic acids is 1. The maximum absolute atomic E-state index is 11.4. The summed E-state index contributed by atoms with van der Waals surface area (Å²) in [7, 11) is 3.40. The number of aryl methyl sites for hydroxylation is 2. The summed E-state index contributed by atoms with van der Waals surface area (Å²) in [4.78, 5) is 23.9. The molecule has 1 amide bonds. The number of nitrogens with zero attached hydrogens (tertiary/aromatic N) is 3. The Balaban J connectivity index is 3.09. The molecule has 0 fully saturated rings. The first-order valence-corrected chi connectivity index (χ1v) is 5.53. The number of primary amides is 1. The number of nitrogens with two attached hydrogens (primary N) is 1. The van der Waals surface area contributed by atoms with Crippen molar-refractivity contribution in [3.05, 3.63) is 11.3 Å². The highest BCUT2D eigenvalue weighted by atomic mass is 16.4. The van der Waals surface area contributed by atoms with Gasteiger partial charge in [0.15, 0.2) is 0 Å². The molecular formula is C11H18N4O3. The van der Waals surface area contributed by atoms with E-state index < -0.39 is 17.8 Å². The van der Waals surface area contributed by atoms with Crippen molar-refractivity contribution in [3.63, 3.8) is 0 Å². The van der Waals surface area contributed by atoms with Gasteiger partial charge in [-0.05, 0) is 6.92 Å². The Morgan fingerprint density at radius 2 is 2.11 bits per heavy atom. The van der Waals surface area contributed by atoms with Gasteiger partial charge in [0.2, 0.25) is 0 Å². The summed E-state index contributed by atoms with van der Waals surface area (Å²) < 4.78 is 1.53. The Hall–Kier alpha value is -2.05. The van der Waals surface area contributed by atoms with Crippen LogP contribution in [-0.2, 0) is 11.8 Å². The lowest BCUT2D eigenvalue weighted by molar-refractivity contribution is -0.140. The lowest BCUT2D eigenvalue weighted by Gasteiger charge is -2.22. The van der Waals surface area contributed by atoms with Gasteiger partial charge in [-0.15, -0.1) is 0 Å². The van der Waals surface area contributed by atoms with Gasteiger partial charge in [-0.2, -0.15) is 5.10 Å². The molecule has 1 aromatic heterocycles. The number of carbonyl (C=O) groups excluding carboxylic acids is 1. The zero-order chi connectivity index (χ0) is 14.0. The van der Waals surface area contributed by atoms with Gasteiger partial charge in [0.1, 0.15) is 11.4 Å². The highest BCUT2D eigenvalue weighted by molar-refractivity contribution is 5.99. The Labute approximate surface area is 105 Å². The van der Waals surface area contributed by atoms with Crippen LogP contribution >= 0.6 is 0 Å². The predicted octanol–water partition coefficient (Wildman–Crippen LogP) is -0.0157. The van der Waals surface area contributed by atoms with Crippen LogP contribution in [0, 0.1) is 12.8 Å². The quantitative estimate of drug-likeness (QED) is 0.769. The molecule has 0 aliphatic rings. The summed E-state index contributed by atoms with van der Waals surface area (Å²) in [6.45, 7) is 3.57. The Morgan fingerprint density at radius 1 is 1.56 bits per heavy atom. The highest BCUT2D eigenvalue weighted by Crippen LogP contribution is 2.22. The number of anilines is 1. The number of hydrogen-bond donors (Lipinski definition) is 2. The van der Waals surface area contributed by atoms with Crippen LogP contribution in [0.4, 0.5) is 5.82 Å². The third-order valence-electron chi connectivity index (χ3n) is 2.77. The second-order valence-corrected chi connectivity index (χ2v) is 4.39. The molecule has 18 heavy (non-hydrogen) atoms. The van der Waals surface area contributed by atoms with Gasteiger partial charge in [0.05, 0.1) is 11.6 Å². The van der Waals surface area contributed by atoms with Gasteiger partial charge in [-0.1, -0.05) is 6.92 Å². The number of aromatic nitrogens is 2. The minimum absolute atomic E-state index is 0.272. The zero-order valence-electron chi connectivity index (χ0n) is 11.0. The largest absolute Gasteiger partial charge is 0.481 e. The maximum Gasteiger partial charge on any atom is 0.308 e. The van der Waals surface area contributed by atoms with E-state index in [1.807, 2.05) is 0 Å². The summed E-state index contributed by atoms with van der Waals surface area (Å²) in [6.07, 6.45) is 0. The van der Waals surface area contributed by atoms with Crippen LogP contribution in [0.5, 0.6) is 0 Å². The molecule has 0 saturated carbocycles. The number of amides is 1. The molecule has 1 unspecified atom stereocenters. The third-order valence-corrected chi connectivity index (χ3v) is 2.77. The number of carbonyl (C=O) groups is 2. The fraction of sp³-hybridized carbons (Fsp3) is 0.545. The van der Waals surface area contributed by atoms with Crippen molar-refractivity contribution in [2.75, 3.05) is 18.5 Å². The molecule has 100 valence electrons. The molecule has 0 bridgehead atoms. The predicted molar refractivity (Wildman–Crippen MR) is 66.5 cm³/mol. The molecule has 7 heteroatoms. The summed E-state index contributed by atoms with van der Waals surface area (Å²) in [5.41, 5.74) is 6.19. The molecule has 0 saturated heterocycles. The van der Waals surface area contributed by atoms with E-state index >= 15 is 0 Å². The van der Waals surface area contributed by atoms with E-state index in [-0.39, 0.29) is 6.54 Å². The average Bonchev–Trinajstić information content (AvgIpc) is 2.52. The molecule has 1 heterocycles. The van der Waals surface area contributed by atoms with E-state index in [1.165, 1.54) is 4.68 Å². The highest BCUT2D eigenvalue weighted by Gasteiger charge is 2.23. The van der Waals surface area contributed by atoms with Crippen LogP contribution in [0.1, 0.15) is 23.0 Å². The third kappa shape index (κ3) is 2.61. The minimum Gasteiger partial charge on any atom is -0.481 e. The molecule has 0 spiro atoms. The molecule has 0 aromatic carbocycles. The fourth-order valence-electron chi connectivity index (χ4n) is 1.95. The van der Waals surface area contributed by atoms with E-state index in [0.29, 0.717) is 17.1 Å². The van der Waals surface area contributed by atoms with E-state index in [2.05, 4.69) is 5.10 Å². The van der Waals surface area contributed by atoms with Crippen molar-refractivity contribution < 1.29 is 14.7 Å². The number of rotatable bonds is 5. The topological polar surface area (TPSA) is 101 Å². The minimum atomic E-state index is -0.888. The SMILES string of the molecule is Cc1nn(C)c(N(C)CC(C)C(=O)O)c1C(N)=O. The number of carboxylic acid groups (broad SMARTS) is 1. The number of hydrogen-bond acceptors (Lipinski definition) is 4. The van der Waals surface area contributed by atoms with Gasteiger partial charge in [-0.25, -0.2) is 0 Å². The van der Waals surface area contributed by atoms with E-state index in [1.54, 1.807) is 32.8 Å². The van der Waals surface area contributed by atoms with E-state index in [9.17, 15) is 9.59 Å². The molecule has 1 rings (SSSR count). The van der Waals surface area contributed by atoms with E-state index in [0.717, 1.165) is 0 Å². The Kier molecular flexibility index (Phi) is 3.95. The monoisotopic (exact) mass is 254 g/mol. The number of aliphatic carboxylic acids is 1. The van der Waals surface area contributed by atoms with Crippen molar-refractivity contribution in [1.29, 1.82) is 0 Å². The molecule has 7 nitrogen and oxygen atoms in total. The first-order valence-electron chi connectivity index (χ1n) is 5.53. The second-order valence-electron chi connectivity index (χ2n) is 4.39. The van der Waals surface area contributed by atoms with Crippen molar-refractivity contribution in [2.45, 2.75) is 13.8 Å². The van der Waals surface area contributed by atoms with Crippen molar-refractivity contribution >= 4 is 17.7 Å². The average molecular weight is 254 g/mol. The second kappa shape index (κ2) is 5.07. The molecule has 0 aliphatic carbocycles. The summed E-state index contributed by atoms with van der Waals surface area (Å²) >= 11 is 0. The molecule has 1 aromatic rings. The summed E-state index contributed by atoms with van der Waals surface area (Å²) in [5, 5.41) is 13.0. The molecule has 3 N–H and O–H groups in total. The first-order chi connectivity index (χ1) is 8.25. The van der Waals surface area contributed by atoms with Gasteiger partial charge in [0, 0.05) is 20.6 Å². The lowest BCUT2D eigenvalue weighted by atomic mass is 10.1. The molecule has 0 radical (unpaired) electrons. The van der Waals surface area contributed by atoms with Crippen LogP contribution in [0.15, 0.2) is 0 Å². The molecule has 0 aliphatic heterocycles. The van der Waals surface area contributed by atoms with Crippen LogP contribution in [0.25, 0.3) is 0 Å². The normalized spacial score (nSPS) is 12.2. The van der Waals surface area contributed by atoms with Crippen molar-refractivity contribution in [3.8, 4) is 0 Å². The van der Waals surface area contributed by atoms with Crippen molar-refractivity contribution in [1.82, 2.24) is 9.78 Å². The van der Waals surface area contributed by atoms with Crippen LogP contribution in [-0.4, -0.2) is 40.4 Å². The zero-order valence-corrected chi connectivity index (χ0v) is 11.0. The van der Waals surface area contributed by atoms with Gasteiger partial charge >= 0.3 is 5.97 Å². The summed E-state index contributed by atoms with van der Waals surface area (Å²) in [6, 6.07) is 0. The summed E-state index contributed by atoms with van der Waals surface area (Å²) in [5.74, 6) is -1.47. The van der Waals surface area contributed by atoms with Gasteiger partial charge < -0.3 is 15.7 Å². The standard InChI is InChI=1S/C11H18N4O3/c1-6(11(17)18)5-14(3)10-8(9(12)16)7(2)13-15(10)4/h6H,5H2,1-4H3,(H2,12,16)(H,17,18). The van der Waals surface area contributed by atoms with E-state index in [4.69, 9.17) is 10.8 Å². The van der Waals surface area contributed by atoms with Crippen molar-refractivity contribution in [2.24, 2.45) is 18.7 Å². The molecule has 1 atom stereocenters. The van der Waals surface area contributed by atoms with Crippen LogP contribution in [0.3, 0.4) is 0 Å². The Bertz CT molecular complexity index is 481. The van der Waals surface area contributed by atoms with Gasteiger partial charge in [0.25, 0.3) is 5.91 Å². The van der Waals surface area contributed by atoms with Crippen LogP contribution < -0.4 is 10.6 Å². The first kappa shape index (κ1) is 14.0. The van der Waals surface area contributed by atoms with Gasteiger partial charge in [-0.3, -0.25) is 14.3 Å².